The van der Waals surface area contributed by atoms with Crippen molar-refractivity contribution in [3.63, 3.8) is 0 Å². The summed E-state index contributed by atoms with van der Waals surface area (Å²) >= 11 is 6.33. The maximum absolute atomic E-state index is 5.54. The zero-order chi connectivity index (χ0) is 5.15. The Morgan fingerprint density at radius 2 is 1.67 bits per heavy atom. The van der Waals surface area contributed by atoms with Gasteiger partial charge in [0.15, 0.2) is 0 Å². The van der Waals surface area contributed by atoms with Crippen LogP contribution in [0.25, 0.3) is 0 Å². The Morgan fingerprint density at radius 3 is 1.67 bits per heavy atom. The molecule has 0 N–H and O–H groups in total. The van der Waals surface area contributed by atoms with Gasteiger partial charge in [0.25, 0.3) is 0 Å². The third-order valence-electron chi connectivity index (χ3n) is 0.689. The first kappa shape index (κ1) is 6.57. The van der Waals surface area contributed by atoms with Gasteiger partial charge in [-0.15, -0.1) is 0 Å². The standard InChI is InChI=1S/C4H9ClGe/c1-3(5)4(2)6/h1-2,6H3. The third-order valence-corrected chi connectivity index (χ3v) is 3.31. The normalized spacial score (nSPS) is 14.5. The molecule has 0 nitrogen and oxygen atoms in total. The van der Waals surface area contributed by atoms with Crippen LogP contribution in [0.3, 0.4) is 0 Å². The second-order valence-corrected chi connectivity index (χ2v) is 5.25. The van der Waals surface area contributed by atoms with Gasteiger partial charge in [-0.25, -0.2) is 0 Å². The van der Waals surface area contributed by atoms with Gasteiger partial charge in [-0.1, -0.05) is 0 Å². The summed E-state index contributed by atoms with van der Waals surface area (Å²) in [6.07, 6.45) is 0. The van der Waals surface area contributed by atoms with E-state index < -0.39 is 0 Å². The van der Waals surface area contributed by atoms with Gasteiger partial charge in [0, 0.05) is 0 Å². The summed E-state index contributed by atoms with van der Waals surface area (Å²) in [7, 11) is 0. The SMILES string of the molecule is CC(Cl)=[C](C)[GeH3]. The Kier molecular flexibility index (Phi) is 2.95. The van der Waals surface area contributed by atoms with Gasteiger partial charge in [0.2, 0.25) is 0 Å². The van der Waals surface area contributed by atoms with Crippen LogP contribution in [0.1, 0.15) is 13.8 Å². The molecular weight excluding hydrogens is 156 g/mol. The van der Waals surface area contributed by atoms with Crippen molar-refractivity contribution in [2.45, 2.75) is 13.8 Å². The summed E-state index contributed by atoms with van der Waals surface area (Å²) in [6.45, 7) is 4.00. The molecule has 0 amide bonds. The molecule has 0 aliphatic rings. The van der Waals surface area contributed by atoms with Gasteiger partial charge < -0.3 is 0 Å². The number of hydrogen-bond donors (Lipinski definition) is 0. The van der Waals surface area contributed by atoms with Crippen LogP contribution in [-0.4, -0.2) is 16.5 Å². The van der Waals surface area contributed by atoms with Crippen LogP contribution in [0.15, 0.2) is 9.44 Å². The molecule has 0 aromatic heterocycles. The van der Waals surface area contributed by atoms with Gasteiger partial charge in [0.05, 0.1) is 0 Å². The van der Waals surface area contributed by atoms with E-state index >= 15 is 0 Å². The minimum atomic E-state index is 0.791. The van der Waals surface area contributed by atoms with E-state index in [0.29, 0.717) is 0 Å². The van der Waals surface area contributed by atoms with Crippen LogP contribution in [0.4, 0.5) is 0 Å². The van der Waals surface area contributed by atoms with E-state index in [1.165, 1.54) is 4.41 Å². The number of allylic oxidation sites excluding steroid dienone is 2. The van der Waals surface area contributed by atoms with Crippen molar-refractivity contribution in [1.29, 1.82) is 0 Å². The summed E-state index contributed by atoms with van der Waals surface area (Å²) in [6, 6.07) is 0. The van der Waals surface area contributed by atoms with E-state index in [2.05, 4.69) is 6.92 Å². The second kappa shape index (κ2) is 2.70. The summed E-state index contributed by atoms with van der Waals surface area (Å²) < 4.78 is 1.38. The minimum absolute atomic E-state index is 0.791. The quantitative estimate of drug-likeness (QED) is 0.467. The fourth-order valence-electron chi connectivity index (χ4n) is 0. The topological polar surface area (TPSA) is 0 Å². The molecule has 0 unspecified atom stereocenters. The second-order valence-electron chi connectivity index (χ2n) is 1.53. The van der Waals surface area contributed by atoms with Crippen molar-refractivity contribution < 1.29 is 0 Å². The predicted molar refractivity (Wildman–Crippen MR) is 34.2 cm³/mol. The monoisotopic (exact) mass is 166 g/mol. The van der Waals surface area contributed by atoms with Crippen molar-refractivity contribution in [3.05, 3.63) is 9.44 Å². The molecular formula is C4H9ClGe. The first-order valence-corrected chi connectivity index (χ1v) is 4.42. The molecule has 0 radical (unpaired) electrons. The van der Waals surface area contributed by atoms with Gasteiger partial charge in [-0.2, -0.15) is 0 Å². The van der Waals surface area contributed by atoms with Crippen LogP contribution in [0, 0.1) is 0 Å². The fraction of sp³-hybridized carbons (Fsp3) is 0.500. The van der Waals surface area contributed by atoms with Crippen LogP contribution in [0.5, 0.6) is 0 Å². The number of halogens is 1. The molecule has 0 saturated heterocycles. The average molecular weight is 165 g/mol. The molecule has 0 rings (SSSR count). The van der Waals surface area contributed by atoms with E-state index in [9.17, 15) is 0 Å². The number of hydrogen-bond acceptors (Lipinski definition) is 0. The summed E-state index contributed by atoms with van der Waals surface area (Å²) in [5.41, 5.74) is 0. The molecule has 2 heteroatoms. The summed E-state index contributed by atoms with van der Waals surface area (Å²) in [5, 5.41) is 0.981. The Labute approximate surface area is 51.8 Å². The van der Waals surface area contributed by atoms with Crippen molar-refractivity contribution in [3.8, 4) is 0 Å². The van der Waals surface area contributed by atoms with Gasteiger partial charge in [0.1, 0.15) is 0 Å². The van der Waals surface area contributed by atoms with E-state index in [1.807, 2.05) is 6.92 Å². The first-order valence-electron chi connectivity index (χ1n) is 1.94. The van der Waals surface area contributed by atoms with Gasteiger partial charge in [-0.3, -0.25) is 0 Å². The van der Waals surface area contributed by atoms with Gasteiger partial charge in [-0.05, 0) is 0 Å². The zero-order valence-corrected chi connectivity index (χ0v) is 9.33. The van der Waals surface area contributed by atoms with Crippen LogP contribution in [-0.2, 0) is 0 Å². The van der Waals surface area contributed by atoms with Gasteiger partial charge >= 0.3 is 51.4 Å². The zero-order valence-electron chi connectivity index (χ0n) is 4.38. The molecule has 0 atom stereocenters. The van der Waals surface area contributed by atoms with Crippen LogP contribution in [0.2, 0.25) is 0 Å². The first-order chi connectivity index (χ1) is 2.64. The fourth-order valence-corrected chi connectivity index (χ4v) is 0. The molecule has 0 spiro atoms. The predicted octanol–water partition coefficient (Wildman–Crippen LogP) is 0.842. The van der Waals surface area contributed by atoms with E-state index in [-0.39, 0.29) is 0 Å². The molecule has 0 aromatic rings. The molecule has 0 bridgehead atoms. The molecule has 0 aliphatic heterocycles. The molecule has 0 aliphatic carbocycles. The Morgan fingerprint density at radius 1 is 1.50 bits per heavy atom. The molecule has 0 saturated carbocycles. The van der Waals surface area contributed by atoms with Crippen molar-refractivity contribution in [1.82, 2.24) is 0 Å². The van der Waals surface area contributed by atoms with E-state index in [4.69, 9.17) is 11.6 Å². The van der Waals surface area contributed by atoms with Crippen molar-refractivity contribution >= 4 is 28.1 Å². The Balaban J connectivity index is 3.68. The van der Waals surface area contributed by atoms with Crippen LogP contribution < -0.4 is 0 Å². The summed E-state index contributed by atoms with van der Waals surface area (Å²) in [4.78, 5) is 0. The molecule has 36 valence electrons. The van der Waals surface area contributed by atoms with Crippen molar-refractivity contribution in [2.24, 2.45) is 0 Å². The Bertz CT molecular complexity index is 57.6. The molecule has 6 heavy (non-hydrogen) atoms. The molecule has 0 fully saturated rings. The third kappa shape index (κ3) is 2.79. The molecule has 0 aromatic carbocycles. The van der Waals surface area contributed by atoms with E-state index in [0.717, 1.165) is 21.5 Å². The van der Waals surface area contributed by atoms with Crippen LogP contribution >= 0.6 is 11.6 Å². The van der Waals surface area contributed by atoms with Crippen molar-refractivity contribution in [2.75, 3.05) is 0 Å². The number of rotatable bonds is 0. The molecule has 0 heterocycles. The Hall–Kier alpha value is 0.573. The average Bonchev–Trinajstić information content (AvgIpc) is 1.36. The maximum atomic E-state index is 5.54. The summed E-state index contributed by atoms with van der Waals surface area (Å²) in [5.74, 6) is 0. The van der Waals surface area contributed by atoms with E-state index in [1.54, 1.807) is 0 Å².